The Morgan fingerprint density at radius 2 is 1.95 bits per heavy atom. The molecule has 0 spiro atoms. The molecule has 1 aromatic heterocycles. The van der Waals surface area contributed by atoms with Crippen LogP contribution in [0.2, 0.25) is 0 Å². The van der Waals surface area contributed by atoms with E-state index in [1.165, 1.54) is 13.0 Å². The maximum atomic E-state index is 11.9. The predicted octanol–water partition coefficient (Wildman–Crippen LogP) is 1.81. The molecule has 0 N–H and O–H groups in total. The largest absolute Gasteiger partial charge is 0.375 e. The van der Waals surface area contributed by atoms with Crippen LogP contribution in [0.25, 0.3) is 0 Å². The highest BCUT2D eigenvalue weighted by molar-refractivity contribution is 6.04. The molecule has 0 atom stereocenters. The monoisotopic (exact) mass is 259 g/mol. The maximum absolute atomic E-state index is 11.9. The molecule has 0 bridgehead atoms. The molecule has 0 saturated carbocycles. The van der Waals surface area contributed by atoms with Crippen LogP contribution < -0.4 is 0 Å². The highest BCUT2D eigenvalue weighted by Crippen LogP contribution is 2.04. The minimum absolute atomic E-state index is 0.0402. The second kappa shape index (κ2) is 7.04. The first kappa shape index (κ1) is 13.7. The minimum Gasteiger partial charge on any atom is -0.375 e. The van der Waals surface area contributed by atoms with Gasteiger partial charge in [0, 0.05) is 56.4 Å². The first-order valence-electron chi connectivity index (χ1n) is 6.88. The number of nitrogens with zero attached hydrogens (tertiary/aromatic N) is 3. The lowest BCUT2D eigenvalue weighted by Crippen LogP contribution is -2.44. The van der Waals surface area contributed by atoms with Gasteiger partial charge in [0.15, 0.2) is 5.78 Å². The topological polar surface area (TPSA) is 36.4 Å². The van der Waals surface area contributed by atoms with E-state index in [4.69, 9.17) is 0 Å². The number of carbonyl (C=O) groups excluding carboxylic acids is 1. The molecule has 4 heteroatoms. The molecule has 0 unspecified atom stereocenters. The van der Waals surface area contributed by atoms with E-state index >= 15 is 0 Å². The third-order valence-corrected chi connectivity index (χ3v) is 3.35. The number of allylic oxidation sites excluding steroid dienone is 1. The third-order valence-electron chi connectivity index (χ3n) is 3.35. The van der Waals surface area contributed by atoms with E-state index in [2.05, 4.69) is 21.7 Å². The number of piperazine rings is 1. The summed E-state index contributed by atoms with van der Waals surface area (Å²) in [6.07, 6.45) is 8.07. The number of hydrogen-bond donors (Lipinski definition) is 0. The van der Waals surface area contributed by atoms with Crippen molar-refractivity contribution in [3.63, 3.8) is 0 Å². The average Bonchev–Trinajstić information content (AvgIpc) is 2.47. The number of carbonyl (C=O) groups is 1. The molecule has 0 radical (unpaired) electrons. The standard InChI is InChI=1S/C15H21N3O/c1-2-8-17-10-12-18(13-11-17)9-5-15(19)14-3-6-16-7-4-14/h3-7,9H,2,8,10-13H2,1H3. The zero-order valence-electron chi connectivity index (χ0n) is 11.5. The molecule has 0 aromatic carbocycles. The summed E-state index contributed by atoms with van der Waals surface area (Å²) in [5.74, 6) is 0.0402. The van der Waals surface area contributed by atoms with Crippen LogP contribution in [0.1, 0.15) is 23.7 Å². The van der Waals surface area contributed by atoms with Crippen molar-refractivity contribution < 1.29 is 4.79 Å². The molecule has 1 saturated heterocycles. The summed E-state index contributed by atoms with van der Waals surface area (Å²) < 4.78 is 0. The molecule has 1 aliphatic rings. The van der Waals surface area contributed by atoms with Crippen LogP contribution in [-0.4, -0.2) is 53.3 Å². The smallest absolute Gasteiger partial charge is 0.187 e. The van der Waals surface area contributed by atoms with Crippen LogP contribution in [0.4, 0.5) is 0 Å². The summed E-state index contributed by atoms with van der Waals surface area (Å²) in [7, 11) is 0. The Labute approximate surface area is 114 Å². The minimum atomic E-state index is 0.0402. The Kier molecular flexibility index (Phi) is 5.10. The second-order valence-electron chi connectivity index (χ2n) is 4.79. The van der Waals surface area contributed by atoms with E-state index in [1.807, 2.05) is 6.20 Å². The molecule has 1 fully saturated rings. The van der Waals surface area contributed by atoms with Crippen LogP contribution in [-0.2, 0) is 0 Å². The van der Waals surface area contributed by atoms with Gasteiger partial charge in [-0.25, -0.2) is 0 Å². The van der Waals surface area contributed by atoms with Crippen molar-refractivity contribution in [2.24, 2.45) is 0 Å². The molecule has 1 aromatic rings. The summed E-state index contributed by atoms with van der Waals surface area (Å²) in [5, 5.41) is 0. The van der Waals surface area contributed by atoms with Crippen molar-refractivity contribution in [3.05, 3.63) is 42.4 Å². The van der Waals surface area contributed by atoms with Crippen LogP contribution in [0.5, 0.6) is 0 Å². The quantitative estimate of drug-likeness (QED) is 0.597. The average molecular weight is 259 g/mol. The van der Waals surface area contributed by atoms with Crippen molar-refractivity contribution in [2.45, 2.75) is 13.3 Å². The molecule has 0 amide bonds. The van der Waals surface area contributed by atoms with Crippen molar-refractivity contribution in [2.75, 3.05) is 32.7 Å². The Morgan fingerprint density at radius 1 is 1.26 bits per heavy atom. The van der Waals surface area contributed by atoms with Crippen LogP contribution in [0.3, 0.4) is 0 Å². The van der Waals surface area contributed by atoms with Crippen molar-refractivity contribution in [1.29, 1.82) is 0 Å². The summed E-state index contributed by atoms with van der Waals surface area (Å²) in [6.45, 7) is 7.55. The van der Waals surface area contributed by atoms with Gasteiger partial charge >= 0.3 is 0 Å². The van der Waals surface area contributed by atoms with Gasteiger partial charge in [0.05, 0.1) is 0 Å². The summed E-state index contributed by atoms with van der Waals surface area (Å²) in [4.78, 5) is 20.5. The number of rotatable bonds is 5. The van der Waals surface area contributed by atoms with Crippen molar-refractivity contribution >= 4 is 5.78 Å². The van der Waals surface area contributed by atoms with Gasteiger partial charge in [-0.15, -0.1) is 0 Å². The predicted molar refractivity (Wildman–Crippen MR) is 76.0 cm³/mol. The Balaban J connectivity index is 1.82. The van der Waals surface area contributed by atoms with Gasteiger partial charge in [-0.2, -0.15) is 0 Å². The zero-order valence-corrected chi connectivity index (χ0v) is 11.5. The highest BCUT2D eigenvalue weighted by atomic mass is 16.1. The van der Waals surface area contributed by atoms with E-state index in [0.717, 1.165) is 26.2 Å². The molecule has 19 heavy (non-hydrogen) atoms. The molecule has 4 nitrogen and oxygen atoms in total. The Morgan fingerprint density at radius 3 is 2.58 bits per heavy atom. The molecule has 0 aliphatic carbocycles. The fourth-order valence-corrected chi connectivity index (χ4v) is 2.24. The van der Waals surface area contributed by atoms with Gasteiger partial charge in [0.1, 0.15) is 0 Å². The number of aromatic nitrogens is 1. The molecule has 1 aliphatic heterocycles. The van der Waals surface area contributed by atoms with E-state index in [0.29, 0.717) is 5.56 Å². The van der Waals surface area contributed by atoms with Crippen molar-refractivity contribution in [3.8, 4) is 0 Å². The Bertz CT molecular complexity index is 422. The number of ketones is 1. The van der Waals surface area contributed by atoms with E-state index in [-0.39, 0.29) is 5.78 Å². The highest BCUT2D eigenvalue weighted by Gasteiger charge is 2.13. The lowest BCUT2D eigenvalue weighted by molar-refractivity contribution is 0.104. The van der Waals surface area contributed by atoms with Crippen LogP contribution >= 0.6 is 0 Å². The van der Waals surface area contributed by atoms with E-state index in [1.54, 1.807) is 30.6 Å². The SMILES string of the molecule is CCCN1CCN(C=CC(=O)c2ccncc2)CC1. The van der Waals surface area contributed by atoms with Gasteiger partial charge in [-0.05, 0) is 25.1 Å². The molecule has 102 valence electrons. The summed E-state index contributed by atoms with van der Waals surface area (Å²) in [5.41, 5.74) is 0.691. The van der Waals surface area contributed by atoms with Gasteiger partial charge in [-0.3, -0.25) is 14.7 Å². The third kappa shape index (κ3) is 4.17. The molecule has 2 heterocycles. The normalized spacial score (nSPS) is 17.0. The second-order valence-corrected chi connectivity index (χ2v) is 4.79. The number of hydrogen-bond acceptors (Lipinski definition) is 4. The first-order chi connectivity index (χ1) is 9.29. The van der Waals surface area contributed by atoms with Crippen LogP contribution in [0, 0.1) is 0 Å². The lowest BCUT2D eigenvalue weighted by Gasteiger charge is -2.33. The number of pyridine rings is 1. The van der Waals surface area contributed by atoms with E-state index < -0.39 is 0 Å². The van der Waals surface area contributed by atoms with Gasteiger partial charge in [-0.1, -0.05) is 6.92 Å². The van der Waals surface area contributed by atoms with E-state index in [9.17, 15) is 4.79 Å². The fourth-order valence-electron chi connectivity index (χ4n) is 2.24. The lowest BCUT2D eigenvalue weighted by atomic mass is 10.2. The zero-order chi connectivity index (χ0) is 13.5. The van der Waals surface area contributed by atoms with Gasteiger partial charge < -0.3 is 4.90 Å². The Hall–Kier alpha value is -1.68. The summed E-state index contributed by atoms with van der Waals surface area (Å²) >= 11 is 0. The fraction of sp³-hybridized carbons (Fsp3) is 0.467. The summed E-state index contributed by atoms with van der Waals surface area (Å²) in [6, 6.07) is 3.48. The molecule has 2 rings (SSSR count). The van der Waals surface area contributed by atoms with Crippen molar-refractivity contribution in [1.82, 2.24) is 14.8 Å². The first-order valence-corrected chi connectivity index (χ1v) is 6.88. The maximum Gasteiger partial charge on any atom is 0.187 e. The van der Waals surface area contributed by atoms with Gasteiger partial charge in [0.25, 0.3) is 0 Å². The molecular weight excluding hydrogens is 238 g/mol. The van der Waals surface area contributed by atoms with Gasteiger partial charge in [0.2, 0.25) is 0 Å². The van der Waals surface area contributed by atoms with Crippen LogP contribution in [0.15, 0.2) is 36.8 Å². The molecular formula is C15H21N3O.